The summed E-state index contributed by atoms with van der Waals surface area (Å²) in [6.07, 6.45) is -2.72. The highest BCUT2D eigenvalue weighted by Crippen LogP contribution is 2.38. The smallest absolute Gasteiger partial charge is 0.382 e. The third-order valence-corrected chi connectivity index (χ3v) is 7.68. The van der Waals surface area contributed by atoms with E-state index in [1.165, 1.54) is 12.1 Å². The first kappa shape index (κ1) is 28.3. The molecule has 206 valence electrons. The Morgan fingerprint density at radius 1 is 1.08 bits per heavy atom. The normalized spacial score (nSPS) is 17.5. The highest BCUT2D eigenvalue weighted by Gasteiger charge is 2.38. The average molecular weight is 574 g/mol. The molecule has 2 heterocycles. The van der Waals surface area contributed by atoms with Gasteiger partial charge in [-0.15, -0.1) is 0 Å². The maximum atomic E-state index is 14.2. The molecule has 38 heavy (non-hydrogen) atoms. The second-order valence-corrected chi connectivity index (χ2v) is 10.4. The number of alkyl halides is 3. The van der Waals surface area contributed by atoms with Crippen LogP contribution in [0.3, 0.4) is 0 Å². The van der Waals surface area contributed by atoms with Crippen molar-refractivity contribution in [3.05, 3.63) is 62.9 Å². The molecule has 2 aromatic rings. The molecule has 0 aliphatic carbocycles. The first-order chi connectivity index (χ1) is 18.0. The van der Waals surface area contributed by atoms with Crippen LogP contribution in [0.2, 0.25) is 5.02 Å². The van der Waals surface area contributed by atoms with Gasteiger partial charge in [0.05, 0.1) is 15.6 Å². The Hall–Kier alpha value is -2.70. The van der Waals surface area contributed by atoms with E-state index in [9.17, 15) is 27.7 Å². The monoisotopic (exact) mass is 573 g/mol. The molecule has 4 rings (SSSR count). The summed E-state index contributed by atoms with van der Waals surface area (Å²) in [6, 6.07) is 7.67. The molecule has 0 unspecified atom stereocenters. The number of nitro benzene ring substituents is 1. The van der Waals surface area contributed by atoms with E-state index in [0.717, 1.165) is 43.2 Å². The number of thiocarbonyl (C=S) groups is 1. The van der Waals surface area contributed by atoms with Crippen LogP contribution in [0.1, 0.15) is 24.8 Å². The van der Waals surface area contributed by atoms with Gasteiger partial charge in [-0.3, -0.25) is 15.0 Å². The van der Waals surface area contributed by atoms with Crippen molar-refractivity contribution in [3.8, 4) is 0 Å². The lowest BCUT2D eigenvalue weighted by Crippen LogP contribution is -2.48. The van der Waals surface area contributed by atoms with Gasteiger partial charge in [0.25, 0.3) is 5.69 Å². The second kappa shape index (κ2) is 12.0. The Balaban J connectivity index is 1.21. The predicted molar refractivity (Wildman–Crippen MR) is 144 cm³/mol. The minimum absolute atomic E-state index is 0.0575. The van der Waals surface area contributed by atoms with Crippen LogP contribution in [0.4, 0.5) is 34.6 Å². The van der Waals surface area contributed by atoms with Crippen molar-refractivity contribution in [2.24, 2.45) is 0 Å². The Morgan fingerprint density at radius 3 is 2.37 bits per heavy atom. The molecule has 0 atom stereocenters. The van der Waals surface area contributed by atoms with Crippen molar-refractivity contribution >= 4 is 45.9 Å². The highest BCUT2D eigenvalue weighted by molar-refractivity contribution is 7.80. The van der Waals surface area contributed by atoms with Gasteiger partial charge >= 0.3 is 6.18 Å². The number of nitro groups is 1. The first-order valence-electron chi connectivity index (χ1n) is 12.3. The van der Waals surface area contributed by atoms with Crippen LogP contribution >= 0.6 is 23.8 Å². The summed E-state index contributed by atoms with van der Waals surface area (Å²) < 4.78 is 54.0. The van der Waals surface area contributed by atoms with E-state index >= 15 is 0 Å². The molecule has 0 aromatic heterocycles. The third kappa shape index (κ3) is 7.03. The van der Waals surface area contributed by atoms with Crippen molar-refractivity contribution in [1.82, 2.24) is 9.80 Å². The largest absolute Gasteiger partial charge is 0.423 e. The zero-order valence-electron chi connectivity index (χ0n) is 20.5. The van der Waals surface area contributed by atoms with Crippen molar-refractivity contribution in [1.29, 1.82) is 0 Å². The van der Waals surface area contributed by atoms with Gasteiger partial charge in [-0.25, -0.2) is 4.39 Å². The zero-order valence-corrected chi connectivity index (χ0v) is 22.1. The second-order valence-electron chi connectivity index (χ2n) is 9.46. The van der Waals surface area contributed by atoms with Gasteiger partial charge < -0.3 is 15.1 Å². The number of hydrogen-bond acceptors (Lipinski definition) is 6. The van der Waals surface area contributed by atoms with Gasteiger partial charge in [0, 0.05) is 75.1 Å². The topological polar surface area (TPSA) is 64.9 Å². The van der Waals surface area contributed by atoms with Crippen LogP contribution in [0, 0.1) is 15.9 Å². The van der Waals surface area contributed by atoms with Crippen molar-refractivity contribution in [2.75, 3.05) is 56.0 Å². The molecule has 0 saturated carbocycles. The minimum Gasteiger partial charge on any atom is -0.382 e. The van der Waals surface area contributed by atoms with Crippen LogP contribution < -0.4 is 10.2 Å². The number of halogens is 5. The molecule has 2 fully saturated rings. The number of rotatable bonds is 7. The van der Waals surface area contributed by atoms with E-state index in [2.05, 4.69) is 15.1 Å². The van der Waals surface area contributed by atoms with E-state index in [1.54, 1.807) is 12.1 Å². The number of nitrogens with zero attached hydrogens (tertiary/aromatic N) is 4. The molecule has 1 N–H and O–H groups in total. The molecule has 2 aromatic carbocycles. The van der Waals surface area contributed by atoms with Gasteiger partial charge in [-0.2, -0.15) is 13.2 Å². The Labute approximate surface area is 228 Å². The van der Waals surface area contributed by atoms with E-state index in [1.807, 2.05) is 4.90 Å². The van der Waals surface area contributed by atoms with E-state index < -0.39 is 22.4 Å². The Kier molecular flexibility index (Phi) is 8.94. The minimum atomic E-state index is -4.81. The third-order valence-electron chi connectivity index (χ3n) is 6.98. The number of hydrogen-bond donors (Lipinski definition) is 1. The maximum Gasteiger partial charge on any atom is 0.423 e. The van der Waals surface area contributed by atoms with Crippen LogP contribution in [0.25, 0.3) is 0 Å². The summed E-state index contributed by atoms with van der Waals surface area (Å²) in [5, 5.41) is 14.4. The Bertz CT molecular complexity index is 1170. The molecular formula is C25H28ClF4N5O2S. The van der Waals surface area contributed by atoms with E-state index in [0.29, 0.717) is 49.7 Å². The predicted octanol–water partition coefficient (Wildman–Crippen LogP) is 5.82. The van der Waals surface area contributed by atoms with Crippen LogP contribution in [0.5, 0.6) is 0 Å². The number of likely N-dealkylation sites (tertiary alicyclic amines) is 1. The molecule has 2 aliphatic heterocycles. The quantitative estimate of drug-likeness (QED) is 0.194. The lowest BCUT2D eigenvalue weighted by atomic mass is 10.0. The summed E-state index contributed by atoms with van der Waals surface area (Å²) >= 11 is 11.5. The van der Waals surface area contributed by atoms with Gasteiger partial charge in [0.1, 0.15) is 11.4 Å². The number of piperazine rings is 1. The summed E-state index contributed by atoms with van der Waals surface area (Å²) in [5.41, 5.74) is -1.45. The average Bonchev–Trinajstić information content (AvgIpc) is 2.87. The molecule has 0 amide bonds. The summed E-state index contributed by atoms with van der Waals surface area (Å²) in [5.74, 6) is -0.320. The lowest BCUT2D eigenvalue weighted by Gasteiger charge is -2.38. The van der Waals surface area contributed by atoms with Gasteiger partial charge in [0.15, 0.2) is 0 Å². The number of piperidine rings is 1. The molecule has 0 spiro atoms. The van der Waals surface area contributed by atoms with Crippen molar-refractivity contribution in [3.63, 3.8) is 0 Å². The molecular weight excluding hydrogens is 546 g/mol. The summed E-state index contributed by atoms with van der Waals surface area (Å²) in [7, 11) is 0. The molecule has 13 heteroatoms. The fourth-order valence-corrected chi connectivity index (χ4v) is 5.32. The highest BCUT2D eigenvalue weighted by atomic mass is 35.5. The summed E-state index contributed by atoms with van der Waals surface area (Å²) in [6.45, 7) is 5.18. The lowest BCUT2D eigenvalue weighted by molar-refractivity contribution is -0.388. The van der Waals surface area contributed by atoms with E-state index in [-0.39, 0.29) is 17.5 Å². The maximum absolute atomic E-state index is 14.2. The molecule has 0 bridgehead atoms. The number of benzene rings is 2. The molecule has 0 radical (unpaired) electrons. The summed E-state index contributed by atoms with van der Waals surface area (Å²) in [4.78, 5) is 17.2. The van der Waals surface area contributed by atoms with Gasteiger partial charge in [-0.05, 0) is 43.2 Å². The number of nitrogens with one attached hydrogen (secondary N) is 1. The standard InChI is InChI=1S/C25H28ClF4N5O2S/c26-17-1-3-23(21(27)15-17)33-13-11-32(12-14-33)8-7-24(38)34-9-5-18(6-10-34)31-19-2-4-22(35(36)37)20(16-19)25(28,29)30/h1-4,15-16,18,31H,5-14H2. The Morgan fingerprint density at radius 2 is 1.76 bits per heavy atom. The van der Waals surface area contributed by atoms with E-state index in [4.69, 9.17) is 23.8 Å². The van der Waals surface area contributed by atoms with Crippen LogP contribution in [0.15, 0.2) is 36.4 Å². The van der Waals surface area contributed by atoms with Gasteiger partial charge in [-0.1, -0.05) is 23.8 Å². The fraction of sp³-hybridized carbons (Fsp3) is 0.480. The first-order valence-corrected chi connectivity index (χ1v) is 13.1. The SMILES string of the molecule is O=[N+]([O-])c1ccc(NC2CCN(C(=S)CCN3CCN(c4ccc(Cl)cc4F)CC3)CC2)cc1C(F)(F)F. The zero-order chi connectivity index (χ0) is 27.4. The number of anilines is 2. The molecule has 2 saturated heterocycles. The van der Waals surface area contributed by atoms with Crippen LogP contribution in [-0.4, -0.2) is 71.6 Å². The van der Waals surface area contributed by atoms with Crippen molar-refractivity contribution < 1.29 is 22.5 Å². The molecule has 2 aliphatic rings. The fourth-order valence-electron chi connectivity index (χ4n) is 4.88. The van der Waals surface area contributed by atoms with Crippen molar-refractivity contribution in [2.45, 2.75) is 31.5 Å². The van der Waals surface area contributed by atoms with Crippen LogP contribution in [-0.2, 0) is 6.18 Å². The van der Waals surface area contributed by atoms with Gasteiger partial charge in [0.2, 0.25) is 0 Å². The molecule has 7 nitrogen and oxygen atoms in total.